The summed E-state index contributed by atoms with van der Waals surface area (Å²) in [5, 5.41) is 7.28. The molecule has 3 N–H and O–H groups in total. The van der Waals surface area contributed by atoms with E-state index in [0.29, 0.717) is 12.2 Å². The van der Waals surface area contributed by atoms with Gasteiger partial charge in [0.05, 0.1) is 6.61 Å². The lowest BCUT2D eigenvalue weighted by atomic mass is 10.1. The molecule has 1 aliphatic carbocycles. The minimum atomic E-state index is -0.376. The molecular weight excluding hydrogens is 219 g/mol. The lowest BCUT2D eigenvalue weighted by Gasteiger charge is -2.06. The van der Waals surface area contributed by atoms with Crippen LogP contribution < -0.4 is 5.73 Å². The highest BCUT2D eigenvalue weighted by atomic mass is 19.1. The van der Waals surface area contributed by atoms with E-state index in [2.05, 4.69) is 0 Å². The van der Waals surface area contributed by atoms with E-state index in [0.717, 1.165) is 24.5 Å². The predicted molar refractivity (Wildman–Crippen MR) is 64.4 cm³/mol. The van der Waals surface area contributed by atoms with Crippen molar-refractivity contribution in [1.82, 2.24) is 0 Å². The maximum atomic E-state index is 13.2. The molecule has 4 heteroatoms. The normalized spacial score (nSPS) is 14.9. The quantitative estimate of drug-likeness (QED) is 0.452. The number of nitrogen functional groups attached to an aromatic ring is 1. The zero-order valence-electron chi connectivity index (χ0n) is 9.71. The number of rotatable bonds is 6. The average molecular weight is 236 g/mol. The second-order valence-corrected chi connectivity index (χ2v) is 4.55. The molecule has 0 amide bonds. The van der Waals surface area contributed by atoms with Gasteiger partial charge >= 0.3 is 0 Å². The predicted octanol–water partition coefficient (Wildman–Crippen LogP) is 2.43. The van der Waals surface area contributed by atoms with E-state index >= 15 is 0 Å². The fourth-order valence-corrected chi connectivity index (χ4v) is 1.74. The van der Waals surface area contributed by atoms with Gasteiger partial charge in [-0.05, 0) is 36.1 Å². The van der Waals surface area contributed by atoms with Gasteiger partial charge in [-0.1, -0.05) is 12.8 Å². The Morgan fingerprint density at radius 2 is 2.18 bits per heavy atom. The summed E-state index contributed by atoms with van der Waals surface area (Å²) in [6, 6.07) is 4.38. The van der Waals surface area contributed by atoms with E-state index in [9.17, 15) is 4.39 Å². The van der Waals surface area contributed by atoms with Crippen LogP contribution >= 0.6 is 0 Å². The summed E-state index contributed by atoms with van der Waals surface area (Å²) >= 11 is 0. The van der Waals surface area contributed by atoms with E-state index in [1.54, 1.807) is 6.07 Å². The van der Waals surface area contributed by atoms with Crippen LogP contribution in [0, 0.1) is 17.1 Å². The molecule has 0 aromatic heterocycles. The first-order valence-electron chi connectivity index (χ1n) is 5.87. The molecule has 1 aliphatic rings. The molecule has 2 rings (SSSR count). The fourth-order valence-electron chi connectivity index (χ4n) is 1.74. The summed E-state index contributed by atoms with van der Waals surface area (Å²) in [5.41, 5.74) is 6.47. The van der Waals surface area contributed by atoms with Crippen LogP contribution in [0.2, 0.25) is 0 Å². The molecular formula is C13H17FN2O. The van der Waals surface area contributed by atoms with Crippen molar-refractivity contribution in [3.63, 3.8) is 0 Å². The summed E-state index contributed by atoms with van der Waals surface area (Å²) < 4.78 is 18.7. The monoisotopic (exact) mass is 236 g/mol. The smallest absolute Gasteiger partial charge is 0.124 e. The second-order valence-electron chi connectivity index (χ2n) is 4.55. The Kier molecular flexibility index (Phi) is 3.74. The Bertz CT molecular complexity index is 416. The Morgan fingerprint density at radius 3 is 2.82 bits per heavy atom. The Labute approximate surface area is 100 Å². The van der Waals surface area contributed by atoms with Crippen LogP contribution in [0.3, 0.4) is 0 Å². The second kappa shape index (κ2) is 5.27. The van der Waals surface area contributed by atoms with Crippen LogP contribution in [0.25, 0.3) is 0 Å². The summed E-state index contributed by atoms with van der Waals surface area (Å²) in [7, 11) is 0. The third kappa shape index (κ3) is 3.82. The molecule has 0 aliphatic heterocycles. The molecule has 1 aromatic carbocycles. The highest BCUT2D eigenvalue weighted by Gasteiger charge is 2.20. The van der Waals surface area contributed by atoms with Crippen LogP contribution in [0.1, 0.15) is 30.4 Å². The van der Waals surface area contributed by atoms with Gasteiger partial charge in [0.2, 0.25) is 0 Å². The number of halogens is 1. The first-order chi connectivity index (χ1) is 8.15. The molecule has 3 nitrogen and oxygen atoms in total. The minimum absolute atomic E-state index is 0.122. The molecule has 0 saturated heterocycles. The van der Waals surface area contributed by atoms with Crippen molar-refractivity contribution in [3.05, 3.63) is 35.1 Å². The van der Waals surface area contributed by atoms with E-state index in [1.165, 1.54) is 25.0 Å². The molecule has 0 atom stereocenters. The molecule has 17 heavy (non-hydrogen) atoms. The van der Waals surface area contributed by atoms with Crippen molar-refractivity contribution in [2.75, 3.05) is 6.61 Å². The summed E-state index contributed by atoms with van der Waals surface area (Å²) in [6.45, 7) is 1.10. The van der Waals surface area contributed by atoms with E-state index < -0.39 is 0 Å². The zero-order chi connectivity index (χ0) is 12.3. The highest BCUT2D eigenvalue weighted by Crippen LogP contribution is 2.32. The van der Waals surface area contributed by atoms with Gasteiger partial charge in [0.1, 0.15) is 11.7 Å². The fraction of sp³-hybridized carbons (Fsp3) is 0.462. The van der Waals surface area contributed by atoms with Gasteiger partial charge in [-0.15, -0.1) is 0 Å². The SMILES string of the molecule is N=C(N)c1cc(F)cc(COCCC2CC2)c1. The maximum Gasteiger partial charge on any atom is 0.124 e. The van der Waals surface area contributed by atoms with E-state index in [1.807, 2.05) is 0 Å². The van der Waals surface area contributed by atoms with Gasteiger partial charge in [0.25, 0.3) is 0 Å². The molecule has 1 saturated carbocycles. The lowest BCUT2D eigenvalue weighted by molar-refractivity contribution is 0.115. The summed E-state index contributed by atoms with van der Waals surface area (Å²) in [5.74, 6) is 0.345. The molecule has 0 radical (unpaired) electrons. The van der Waals surface area contributed by atoms with Gasteiger partial charge < -0.3 is 10.5 Å². The number of nitrogens with two attached hydrogens (primary N) is 1. The van der Waals surface area contributed by atoms with Gasteiger partial charge in [0.15, 0.2) is 0 Å². The van der Waals surface area contributed by atoms with Gasteiger partial charge in [0, 0.05) is 12.2 Å². The number of amidine groups is 1. The molecule has 92 valence electrons. The maximum absolute atomic E-state index is 13.2. The van der Waals surface area contributed by atoms with Gasteiger partial charge in [-0.2, -0.15) is 0 Å². The van der Waals surface area contributed by atoms with Crippen LogP contribution in [0.4, 0.5) is 4.39 Å². The average Bonchev–Trinajstić information content (AvgIpc) is 3.07. The molecule has 0 unspecified atom stereocenters. The number of benzene rings is 1. The Balaban J connectivity index is 1.87. The first kappa shape index (κ1) is 12.0. The van der Waals surface area contributed by atoms with Crippen LogP contribution in [0.15, 0.2) is 18.2 Å². The van der Waals surface area contributed by atoms with E-state index in [-0.39, 0.29) is 11.7 Å². The van der Waals surface area contributed by atoms with Crippen molar-refractivity contribution in [1.29, 1.82) is 5.41 Å². The topological polar surface area (TPSA) is 59.1 Å². The number of ether oxygens (including phenoxy) is 1. The largest absolute Gasteiger partial charge is 0.384 e. The van der Waals surface area contributed by atoms with Crippen molar-refractivity contribution in [3.8, 4) is 0 Å². The van der Waals surface area contributed by atoms with Gasteiger partial charge in [-0.3, -0.25) is 5.41 Å². The number of nitrogens with one attached hydrogen (secondary N) is 1. The zero-order valence-corrected chi connectivity index (χ0v) is 9.71. The number of hydrogen-bond acceptors (Lipinski definition) is 2. The highest BCUT2D eigenvalue weighted by molar-refractivity contribution is 5.95. The van der Waals surface area contributed by atoms with E-state index in [4.69, 9.17) is 15.9 Å². The molecule has 1 aromatic rings. The minimum Gasteiger partial charge on any atom is -0.384 e. The van der Waals surface area contributed by atoms with Crippen molar-refractivity contribution in [2.45, 2.75) is 25.9 Å². The Hall–Kier alpha value is -1.42. The van der Waals surface area contributed by atoms with Crippen LogP contribution in [0.5, 0.6) is 0 Å². The van der Waals surface area contributed by atoms with Crippen LogP contribution in [-0.4, -0.2) is 12.4 Å². The molecule has 0 bridgehead atoms. The van der Waals surface area contributed by atoms with Crippen molar-refractivity contribution >= 4 is 5.84 Å². The molecule has 0 heterocycles. The number of hydrogen-bond donors (Lipinski definition) is 2. The third-order valence-electron chi connectivity index (χ3n) is 2.90. The standard InChI is InChI=1S/C13H17FN2O/c14-12-6-10(5-11(7-12)13(15)16)8-17-4-3-9-1-2-9/h5-7,9H,1-4,8H2,(H3,15,16). The van der Waals surface area contributed by atoms with Gasteiger partial charge in [-0.25, -0.2) is 4.39 Å². The Morgan fingerprint density at radius 1 is 1.41 bits per heavy atom. The third-order valence-corrected chi connectivity index (χ3v) is 2.90. The summed E-state index contributed by atoms with van der Waals surface area (Å²) in [4.78, 5) is 0. The summed E-state index contributed by atoms with van der Waals surface area (Å²) in [6.07, 6.45) is 3.73. The van der Waals surface area contributed by atoms with Crippen molar-refractivity contribution < 1.29 is 9.13 Å². The van der Waals surface area contributed by atoms with Crippen LogP contribution in [-0.2, 0) is 11.3 Å². The first-order valence-corrected chi connectivity index (χ1v) is 5.87. The molecule has 0 spiro atoms. The lowest BCUT2D eigenvalue weighted by Crippen LogP contribution is -2.12. The van der Waals surface area contributed by atoms with Crippen molar-refractivity contribution in [2.24, 2.45) is 11.7 Å². The molecule has 1 fully saturated rings.